The van der Waals surface area contributed by atoms with Gasteiger partial charge < -0.3 is 15.4 Å². The number of aromatic amines is 1. The SMILES string of the molecule is CC(O)c1cc(-c2cc(C3CCNCC3)[nH]c2-c2ccc(F)cc2)ccn1. The molecular weight excluding hydrogens is 341 g/mol. The average Bonchev–Trinajstić information content (AvgIpc) is 3.15. The second-order valence-electron chi connectivity index (χ2n) is 7.19. The van der Waals surface area contributed by atoms with Gasteiger partial charge in [0.15, 0.2) is 0 Å². The first-order chi connectivity index (χ1) is 13.1. The number of hydrogen-bond acceptors (Lipinski definition) is 3. The Morgan fingerprint density at radius 3 is 2.52 bits per heavy atom. The quantitative estimate of drug-likeness (QED) is 0.642. The van der Waals surface area contributed by atoms with Crippen molar-refractivity contribution in [2.75, 3.05) is 13.1 Å². The third-order valence-electron chi connectivity index (χ3n) is 5.27. The zero-order valence-corrected chi connectivity index (χ0v) is 15.4. The number of nitrogens with zero attached hydrogens (tertiary/aromatic N) is 1. The van der Waals surface area contributed by atoms with Crippen LogP contribution < -0.4 is 5.32 Å². The number of rotatable bonds is 4. The summed E-state index contributed by atoms with van der Waals surface area (Å²) in [6, 6.07) is 12.6. The molecule has 1 aliphatic rings. The number of pyridine rings is 1. The first-order valence-corrected chi connectivity index (χ1v) is 9.46. The number of halogens is 1. The Hall–Kier alpha value is -2.50. The Kier molecular flexibility index (Phi) is 5.05. The maximum Gasteiger partial charge on any atom is 0.123 e. The molecule has 1 atom stereocenters. The molecule has 3 N–H and O–H groups in total. The number of nitrogens with one attached hydrogen (secondary N) is 2. The fourth-order valence-corrected chi connectivity index (χ4v) is 3.74. The molecule has 4 rings (SSSR count). The summed E-state index contributed by atoms with van der Waals surface area (Å²) in [4.78, 5) is 7.86. The molecular formula is C22H24FN3O. The van der Waals surface area contributed by atoms with E-state index in [0.29, 0.717) is 11.6 Å². The highest BCUT2D eigenvalue weighted by Gasteiger charge is 2.21. The van der Waals surface area contributed by atoms with E-state index in [1.165, 1.54) is 17.8 Å². The Morgan fingerprint density at radius 2 is 1.81 bits per heavy atom. The zero-order chi connectivity index (χ0) is 18.8. The van der Waals surface area contributed by atoms with Gasteiger partial charge in [0.25, 0.3) is 0 Å². The summed E-state index contributed by atoms with van der Waals surface area (Å²) in [5.74, 6) is 0.239. The third-order valence-corrected chi connectivity index (χ3v) is 5.27. The highest BCUT2D eigenvalue weighted by atomic mass is 19.1. The minimum Gasteiger partial charge on any atom is -0.387 e. The van der Waals surface area contributed by atoms with Crippen molar-refractivity contribution >= 4 is 0 Å². The Labute approximate surface area is 158 Å². The molecule has 1 aliphatic heterocycles. The van der Waals surface area contributed by atoms with Crippen molar-refractivity contribution in [3.63, 3.8) is 0 Å². The molecule has 0 aliphatic carbocycles. The lowest BCUT2D eigenvalue weighted by Gasteiger charge is -2.21. The number of benzene rings is 1. The minimum atomic E-state index is -0.623. The predicted octanol–water partition coefficient (Wildman–Crippen LogP) is 4.40. The van der Waals surface area contributed by atoms with E-state index in [4.69, 9.17) is 0 Å². The van der Waals surface area contributed by atoms with Crippen LogP contribution in [0.2, 0.25) is 0 Å². The van der Waals surface area contributed by atoms with Crippen LogP contribution in [0.4, 0.5) is 4.39 Å². The molecule has 0 bridgehead atoms. The molecule has 2 aromatic heterocycles. The number of aliphatic hydroxyl groups is 1. The molecule has 0 radical (unpaired) electrons. The largest absolute Gasteiger partial charge is 0.387 e. The number of aromatic nitrogens is 2. The molecule has 3 heterocycles. The van der Waals surface area contributed by atoms with Gasteiger partial charge in [0.05, 0.1) is 17.5 Å². The zero-order valence-electron chi connectivity index (χ0n) is 15.4. The highest BCUT2D eigenvalue weighted by molar-refractivity contribution is 5.82. The standard InChI is InChI=1S/C22H24FN3O/c1-14(27)20-12-17(8-11-25-20)19-13-21(15-6-9-24-10-7-15)26-22(19)16-2-4-18(23)5-3-16/h2-5,8,11-15,24,26-27H,6-7,9-10H2,1H3. The lowest BCUT2D eigenvalue weighted by molar-refractivity contribution is 0.194. The van der Waals surface area contributed by atoms with Crippen molar-refractivity contribution in [1.82, 2.24) is 15.3 Å². The van der Waals surface area contributed by atoms with E-state index in [0.717, 1.165) is 48.3 Å². The summed E-state index contributed by atoms with van der Waals surface area (Å²) < 4.78 is 13.4. The monoisotopic (exact) mass is 365 g/mol. The number of piperidine rings is 1. The molecule has 1 aromatic carbocycles. The van der Waals surface area contributed by atoms with E-state index in [1.807, 2.05) is 12.1 Å². The molecule has 140 valence electrons. The van der Waals surface area contributed by atoms with Crippen LogP contribution in [0.25, 0.3) is 22.4 Å². The van der Waals surface area contributed by atoms with Crippen LogP contribution in [0.15, 0.2) is 48.7 Å². The number of aliphatic hydroxyl groups excluding tert-OH is 1. The second kappa shape index (κ2) is 7.62. The van der Waals surface area contributed by atoms with Gasteiger partial charge in [-0.1, -0.05) is 0 Å². The topological polar surface area (TPSA) is 60.9 Å². The number of H-pyrrole nitrogens is 1. The summed E-state index contributed by atoms with van der Waals surface area (Å²) in [5, 5.41) is 13.3. The fourth-order valence-electron chi connectivity index (χ4n) is 3.74. The summed E-state index contributed by atoms with van der Waals surface area (Å²) in [6.45, 7) is 3.75. The van der Waals surface area contributed by atoms with Crippen LogP contribution in [0.5, 0.6) is 0 Å². The van der Waals surface area contributed by atoms with E-state index in [9.17, 15) is 9.50 Å². The minimum absolute atomic E-state index is 0.245. The maximum atomic E-state index is 13.4. The molecule has 0 spiro atoms. The van der Waals surface area contributed by atoms with E-state index in [1.54, 1.807) is 25.3 Å². The van der Waals surface area contributed by atoms with E-state index in [2.05, 4.69) is 21.4 Å². The molecule has 1 saturated heterocycles. The number of hydrogen-bond donors (Lipinski definition) is 3. The first-order valence-electron chi connectivity index (χ1n) is 9.46. The van der Waals surface area contributed by atoms with Gasteiger partial charge in [-0.05, 0) is 86.4 Å². The van der Waals surface area contributed by atoms with Gasteiger partial charge in [0, 0.05) is 23.4 Å². The van der Waals surface area contributed by atoms with Gasteiger partial charge >= 0.3 is 0 Å². The second-order valence-corrected chi connectivity index (χ2v) is 7.19. The van der Waals surface area contributed by atoms with E-state index < -0.39 is 6.10 Å². The van der Waals surface area contributed by atoms with Gasteiger partial charge in [0.1, 0.15) is 5.82 Å². The highest BCUT2D eigenvalue weighted by Crippen LogP contribution is 2.37. The third kappa shape index (κ3) is 3.80. The molecule has 0 amide bonds. The van der Waals surface area contributed by atoms with Gasteiger partial charge in [-0.25, -0.2) is 4.39 Å². The maximum absolute atomic E-state index is 13.4. The Balaban J connectivity index is 1.81. The van der Waals surface area contributed by atoms with Crippen molar-refractivity contribution in [3.05, 3.63) is 65.9 Å². The molecule has 3 aromatic rings. The van der Waals surface area contributed by atoms with E-state index in [-0.39, 0.29) is 5.82 Å². The molecule has 4 nitrogen and oxygen atoms in total. The van der Waals surface area contributed by atoms with Crippen molar-refractivity contribution in [1.29, 1.82) is 0 Å². The molecule has 0 saturated carbocycles. The Bertz CT molecular complexity index is 912. The van der Waals surface area contributed by atoms with Crippen LogP contribution in [0, 0.1) is 5.82 Å². The molecule has 27 heavy (non-hydrogen) atoms. The molecule has 1 unspecified atom stereocenters. The van der Waals surface area contributed by atoms with Crippen molar-refractivity contribution in [3.8, 4) is 22.4 Å². The predicted molar refractivity (Wildman–Crippen MR) is 105 cm³/mol. The lowest BCUT2D eigenvalue weighted by Crippen LogP contribution is -2.26. The van der Waals surface area contributed by atoms with Crippen LogP contribution in [0.1, 0.15) is 43.2 Å². The van der Waals surface area contributed by atoms with Crippen molar-refractivity contribution in [2.24, 2.45) is 0 Å². The first kappa shape index (κ1) is 17.9. The lowest BCUT2D eigenvalue weighted by atomic mass is 9.94. The van der Waals surface area contributed by atoms with E-state index >= 15 is 0 Å². The van der Waals surface area contributed by atoms with Gasteiger partial charge in [-0.3, -0.25) is 4.98 Å². The van der Waals surface area contributed by atoms with Crippen LogP contribution >= 0.6 is 0 Å². The van der Waals surface area contributed by atoms with Crippen LogP contribution in [-0.4, -0.2) is 28.2 Å². The van der Waals surface area contributed by atoms with Crippen molar-refractivity contribution < 1.29 is 9.50 Å². The van der Waals surface area contributed by atoms with Crippen LogP contribution in [-0.2, 0) is 0 Å². The normalized spacial score (nSPS) is 16.4. The average molecular weight is 365 g/mol. The molecule has 5 heteroatoms. The summed E-state index contributed by atoms with van der Waals surface area (Å²) in [7, 11) is 0. The summed E-state index contributed by atoms with van der Waals surface area (Å²) in [5.41, 5.74) is 5.83. The summed E-state index contributed by atoms with van der Waals surface area (Å²) >= 11 is 0. The van der Waals surface area contributed by atoms with Crippen LogP contribution in [0.3, 0.4) is 0 Å². The smallest absolute Gasteiger partial charge is 0.123 e. The van der Waals surface area contributed by atoms with Gasteiger partial charge in [-0.15, -0.1) is 0 Å². The van der Waals surface area contributed by atoms with Gasteiger partial charge in [-0.2, -0.15) is 0 Å². The summed E-state index contributed by atoms with van der Waals surface area (Å²) in [6.07, 6.45) is 3.29. The van der Waals surface area contributed by atoms with Gasteiger partial charge in [0.2, 0.25) is 0 Å². The molecule has 1 fully saturated rings. The van der Waals surface area contributed by atoms with Crippen molar-refractivity contribution in [2.45, 2.75) is 31.8 Å². The Morgan fingerprint density at radius 1 is 1.07 bits per heavy atom. The fraction of sp³-hybridized carbons (Fsp3) is 0.318.